The molecular formula is C13H19F3N2. The van der Waals surface area contributed by atoms with Gasteiger partial charge in [-0.05, 0) is 24.3 Å². The zero-order chi connectivity index (χ0) is 13.6. The van der Waals surface area contributed by atoms with Crippen LogP contribution in [0.15, 0.2) is 24.3 Å². The van der Waals surface area contributed by atoms with Gasteiger partial charge >= 0.3 is 6.18 Å². The van der Waals surface area contributed by atoms with Gasteiger partial charge in [0, 0.05) is 31.9 Å². The number of anilines is 1. The van der Waals surface area contributed by atoms with Crippen molar-refractivity contribution < 1.29 is 13.2 Å². The highest BCUT2D eigenvalue weighted by molar-refractivity contribution is 5.48. The highest BCUT2D eigenvalue weighted by atomic mass is 19.4. The van der Waals surface area contributed by atoms with Gasteiger partial charge < -0.3 is 10.2 Å². The molecule has 0 unspecified atom stereocenters. The molecule has 1 aliphatic heterocycles. The number of halogens is 3. The summed E-state index contributed by atoms with van der Waals surface area (Å²) in [4.78, 5) is 2.08. The minimum atomic E-state index is -4.25. The average molecular weight is 260 g/mol. The lowest BCUT2D eigenvalue weighted by Gasteiger charge is -2.29. The molecule has 1 saturated heterocycles. The van der Waals surface area contributed by atoms with Crippen molar-refractivity contribution in [2.75, 3.05) is 31.1 Å². The first-order chi connectivity index (χ1) is 8.57. The Labute approximate surface area is 106 Å². The largest absolute Gasteiger partial charge is 0.416 e. The third kappa shape index (κ3) is 3.91. The Kier molecular flexibility index (Phi) is 5.47. The van der Waals surface area contributed by atoms with Crippen LogP contribution in [0.25, 0.3) is 0 Å². The first-order valence-corrected chi connectivity index (χ1v) is 6.20. The van der Waals surface area contributed by atoms with E-state index >= 15 is 0 Å². The van der Waals surface area contributed by atoms with E-state index in [2.05, 4.69) is 10.2 Å². The molecule has 102 valence electrons. The first-order valence-electron chi connectivity index (χ1n) is 6.20. The molecule has 1 N–H and O–H groups in total. The molecule has 0 atom stereocenters. The standard InChI is InChI=1S/C11H13F3N2.C2H6/c12-11(13,14)9-1-3-10(4-2-9)16-7-5-15-6-8-16;1-2/h1-4,15H,5-8H2;1-2H3. The fourth-order valence-corrected chi connectivity index (χ4v) is 1.78. The van der Waals surface area contributed by atoms with E-state index in [9.17, 15) is 13.2 Å². The van der Waals surface area contributed by atoms with Gasteiger partial charge in [-0.15, -0.1) is 0 Å². The van der Waals surface area contributed by atoms with Crippen molar-refractivity contribution in [1.82, 2.24) is 5.32 Å². The number of nitrogens with one attached hydrogen (secondary N) is 1. The molecule has 0 radical (unpaired) electrons. The Morgan fingerprint density at radius 2 is 1.50 bits per heavy atom. The van der Waals surface area contributed by atoms with Crippen LogP contribution >= 0.6 is 0 Å². The third-order valence-corrected chi connectivity index (χ3v) is 2.68. The van der Waals surface area contributed by atoms with Crippen LogP contribution in [0.4, 0.5) is 18.9 Å². The molecule has 2 nitrogen and oxygen atoms in total. The van der Waals surface area contributed by atoms with Crippen LogP contribution in [0.2, 0.25) is 0 Å². The smallest absolute Gasteiger partial charge is 0.369 e. The summed E-state index contributed by atoms with van der Waals surface area (Å²) in [5.41, 5.74) is 0.265. The number of benzene rings is 1. The molecular weight excluding hydrogens is 241 g/mol. The molecule has 0 saturated carbocycles. The molecule has 18 heavy (non-hydrogen) atoms. The van der Waals surface area contributed by atoms with Gasteiger partial charge in [-0.3, -0.25) is 0 Å². The van der Waals surface area contributed by atoms with Crippen molar-refractivity contribution in [3.8, 4) is 0 Å². The molecule has 1 heterocycles. The van der Waals surface area contributed by atoms with Crippen LogP contribution in [0.1, 0.15) is 19.4 Å². The zero-order valence-corrected chi connectivity index (χ0v) is 10.7. The van der Waals surface area contributed by atoms with Crippen molar-refractivity contribution in [3.05, 3.63) is 29.8 Å². The van der Waals surface area contributed by atoms with E-state index < -0.39 is 11.7 Å². The van der Waals surface area contributed by atoms with Crippen LogP contribution in [0, 0.1) is 0 Å². The Morgan fingerprint density at radius 1 is 1.00 bits per heavy atom. The predicted molar refractivity (Wildman–Crippen MR) is 67.9 cm³/mol. The fraction of sp³-hybridized carbons (Fsp3) is 0.538. The third-order valence-electron chi connectivity index (χ3n) is 2.68. The van der Waals surface area contributed by atoms with Crippen LogP contribution in [-0.2, 0) is 6.18 Å². The zero-order valence-electron chi connectivity index (χ0n) is 10.7. The SMILES string of the molecule is CC.FC(F)(F)c1ccc(N2CCNCC2)cc1. The normalized spacial score (nSPS) is 15.9. The molecule has 2 rings (SSSR count). The maximum atomic E-state index is 12.3. The lowest BCUT2D eigenvalue weighted by atomic mass is 10.2. The van der Waals surface area contributed by atoms with E-state index in [0.29, 0.717) is 0 Å². The van der Waals surface area contributed by atoms with Gasteiger partial charge in [0.05, 0.1) is 5.56 Å². The van der Waals surface area contributed by atoms with Crippen LogP contribution in [-0.4, -0.2) is 26.2 Å². The molecule has 1 aromatic rings. The summed E-state index contributed by atoms with van der Waals surface area (Å²) in [7, 11) is 0. The molecule has 1 fully saturated rings. The Bertz CT molecular complexity index is 340. The van der Waals surface area contributed by atoms with Crippen molar-refractivity contribution >= 4 is 5.69 Å². The summed E-state index contributed by atoms with van der Waals surface area (Å²) in [6, 6.07) is 5.34. The summed E-state index contributed by atoms with van der Waals surface area (Å²) < 4.78 is 37.0. The number of piperazine rings is 1. The Hall–Kier alpha value is -1.23. The summed E-state index contributed by atoms with van der Waals surface area (Å²) in [6.45, 7) is 7.43. The van der Waals surface area contributed by atoms with Crippen molar-refractivity contribution in [2.24, 2.45) is 0 Å². The van der Waals surface area contributed by atoms with E-state index in [4.69, 9.17) is 0 Å². The summed E-state index contributed by atoms with van der Waals surface area (Å²) in [5, 5.41) is 3.20. The average Bonchev–Trinajstić information content (AvgIpc) is 2.41. The lowest BCUT2D eigenvalue weighted by Crippen LogP contribution is -2.43. The van der Waals surface area contributed by atoms with Gasteiger partial charge in [0.15, 0.2) is 0 Å². The molecule has 1 aromatic carbocycles. The van der Waals surface area contributed by atoms with Gasteiger partial charge in [0.25, 0.3) is 0 Å². The first kappa shape index (κ1) is 14.8. The molecule has 0 amide bonds. The van der Waals surface area contributed by atoms with Gasteiger partial charge in [-0.1, -0.05) is 13.8 Å². The molecule has 0 bridgehead atoms. The minimum absolute atomic E-state index is 0.591. The second-order valence-corrected chi connectivity index (χ2v) is 3.78. The van der Waals surface area contributed by atoms with Crippen LogP contribution < -0.4 is 10.2 Å². The number of alkyl halides is 3. The number of hydrogen-bond acceptors (Lipinski definition) is 2. The molecule has 0 aromatic heterocycles. The van der Waals surface area contributed by atoms with E-state index in [1.54, 1.807) is 0 Å². The van der Waals surface area contributed by atoms with Gasteiger partial charge in [-0.2, -0.15) is 13.2 Å². The number of rotatable bonds is 1. The fourth-order valence-electron chi connectivity index (χ4n) is 1.78. The topological polar surface area (TPSA) is 15.3 Å². The van der Waals surface area contributed by atoms with E-state index in [1.807, 2.05) is 13.8 Å². The summed E-state index contributed by atoms with van der Waals surface area (Å²) >= 11 is 0. The van der Waals surface area contributed by atoms with Crippen molar-refractivity contribution in [1.29, 1.82) is 0 Å². The quantitative estimate of drug-likeness (QED) is 0.834. The molecule has 0 spiro atoms. The monoisotopic (exact) mass is 260 g/mol. The maximum absolute atomic E-state index is 12.3. The van der Waals surface area contributed by atoms with E-state index in [-0.39, 0.29) is 0 Å². The van der Waals surface area contributed by atoms with Gasteiger partial charge in [0.2, 0.25) is 0 Å². The van der Waals surface area contributed by atoms with Crippen LogP contribution in [0.3, 0.4) is 0 Å². The second kappa shape index (κ2) is 6.64. The van der Waals surface area contributed by atoms with Gasteiger partial charge in [0.1, 0.15) is 0 Å². The Morgan fingerprint density at radius 3 is 1.94 bits per heavy atom. The second-order valence-electron chi connectivity index (χ2n) is 3.78. The molecule has 5 heteroatoms. The maximum Gasteiger partial charge on any atom is 0.416 e. The van der Waals surface area contributed by atoms with Crippen LogP contribution in [0.5, 0.6) is 0 Å². The van der Waals surface area contributed by atoms with Crippen molar-refractivity contribution in [3.63, 3.8) is 0 Å². The van der Waals surface area contributed by atoms with E-state index in [0.717, 1.165) is 44.0 Å². The van der Waals surface area contributed by atoms with Crippen molar-refractivity contribution in [2.45, 2.75) is 20.0 Å². The molecule has 0 aliphatic carbocycles. The predicted octanol–water partition coefficient (Wildman–Crippen LogP) is 3.14. The summed E-state index contributed by atoms with van der Waals surface area (Å²) in [6.07, 6.45) is -4.25. The summed E-state index contributed by atoms with van der Waals surface area (Å²) in [5.74, 6) is 0. The molecule has 1 aliphatic rings. The lowest BCUT2D eigenvalue weighted by molar-refractivity contribution is -0.137. The van der Waals surface area contributed by atoms with Gasteiger partial charge in [-0.25, -0.2) is 0 Å². The minimum Gasteiger partial charge on any atom is -0.369 e. The Balaban J connectivity index is 0.000000771. The number of hydrogen-bond donors (Lipinski definition) is 1. The highest BCUT2D eigenvalue weighted by Gasteiger charge is 2.30. The van der Waals surface area contributed by atoms with E-state index in [1.165, 1.54) is 12.1 Å². The number of nitrogens with zero attached hydrogens (tertiary/aromatic N) is 1. The highest BCUT2D eigenvalue weighted by Crippen LogP contribution is 2.30.